The Bertz CT molecular complexity index is 1160. The first-order valence-corrected chi connectivity index (χ1v) is 11.0. The Hall–Kier alpha value is -3.57. The number of likely N-dealkylation sites (N-methyl/N-ethyl adjacent to an activating group) is 1. The fourth-order valence-electron chi connectivity index (χ4n) is 4.02. The number of Topliss-reactive ketones (excluding diaryl/α,β-unsaturated/α-hetero) is 1. The molecule has 0 amide bonds. The number of rotatable bonds is 9. The molecule has 3 aromatic rings. The molecule has 5 heteroatoms. The molecule has 0 fully saturated rings. The van der Waals surface area contributed by atoms with E-state index in [0.717, 1.165) is 51.6 Å². The van der Waals surface area contributed by atoms with Crippen molar-refractivity contribution in [2.45, 2.75) is 6.42 Å². The van der Waals surface area contributed by atoms with Gasteiger partial charge in [-0.3, -0.25) is 4.79 Å². The lowest BCUT2D eigenvalue weighted by Crippen LogP contribution is -2.19. The molecule has 0 aromatic heterocycles. The predicted molar refractivity (Wildman–Crippen MR) is 131 cm³/mol. The van der Waals surface area contributed by atoms with Crippen molar-refractivity contribution in [3.05, 3.63) is 89.0 Å². The van der Waals surface area contributed by atoms with Gasteiger partial charge in [0.25, 0.3) is 0 Å². The molecule has 4 rings (SSSR count). The topological polar surface area (TPSA) is 48.0 Å². The van der Waals surface area contributed by atoms with E-state index in [2.05, 4.69) is 4.90 Å². The van der Waals surface area contributed by atoms with Crippen molar-refractivity contribution in [3.63, 3.8) is 0 Å². The second kappa shape index (κ2) is 9.92. The zero-order valence-corrected chi connectivity index (χ0v) is 19.6. The smallest absolute Gasteiger partial charge is 0.193 e. The van der Waals surface area contributed by atoms with Crippen LogP contribution in [0.3, 0.4) is 0 Å². The van der Waals surface area contributed by atoms with Crippen LogP contribution in [-0.4, -0.2) is 52.1 Å². The van der Waals surface area contributed by atoms with E-state index in [1.807, 2.05) is 80.8 Å². The van der Waals surface area contributed by atoms with Gasteiger partial charge in [-0.25, -0.2) is 0 Å². The van der Waals surface area contributed by atoms with Gasteiger partial charge < -0.3 is 19.1 Å². The van der Waals surface area contributed by atoms with E-state index in [0.29, 0.717) is 18.6 Å². The summed E-state index contributed by atoms with van der Waals surface area (Å²) in [6.07, 6.45) is 0.672. The van der Waals surface area contributed by atoms with Crippen LogP contribution in [0.25, 0.3) is 11.1 Å². The molecule has 170 valence electrons. The molecule has 33 heavy (non-hydrogen) atoms. The van der Waals surface area contributed by atoms with Gasteiger partial charge in [-0.2, -0.15) is 0 Å². The minimum absolute atomic E-state index is 0.00424. The lowest BCUT2D eigenvalue weighted by Gasteiger charge is -2.12. The molecule has 5 nitrogen and oxygen atoms in total. The molecule has 0 spiro atoms. The Labute approximate surface area is 195 Å². The highest BCUT2D eigenvalue weighted by Crippen LogP contribution is 2.42. The summed E-state index contributed by atoms with van der Waals surface area (Å²) in [7, 11) is 7.32. The molecule has 1 aliphatic carbocycles. The fourth-order valence-corrected chi connectivity index (χ4v) is 4.02. The minimum Gasteiger partial charge on any atom is -0.497 e. The van der Waals surface area contributed by atoms with Gasteiger partial charge >= 0.3 is 0 Å². The van der Waals surface area contributed by atoms with Crippen molar-refractivity contribution in [1.29, 1.82) is 0 Å². The molecule has 0 bridgehead atoms. The van der Waals surface area contributed by atoms with Crippen LogP contribution in [0.1, 0.15) is 27.0 Å². The molecule has 1 aliphatic rings. The number of fused-ring (bicyclic) bond motifs is 1. The summed E-state index contributed by atoms with van der Waals surface area (Å²) < 4.78 is 16.5. The summed E-state index contributed by atoms with van der Waals surface area (Å²) in [6.45, 7) is 1.43. The molecule has 0 atom stereocenters. The third kappa shape index (κ3) is 4.94. The summed E-state index contributed by atoms with van der Waals surface area (Å²) in [6, 6.07) is 21.2. The first-order chi connectivity index (χ1) is 16.0. The van der Waals surface area contributed by atoms with Crippen LogP contribution in [0.2, 0.25) is 0 Å². The van der Waals surface area contributed by atoms with Crippen LogP contribution in [0.4, 0.5) is 0 Å². The van der Waals surface area contributed by atoms with Crippen LogP contribution in [-0.2, 0) is 6.42 Å². The Kier molecular flexibility index (Phi) is 6.80. The van der Waals surface area contributed by atoms with Crippen molar-refractivity contribution in [2.75, 3.05) is 41.5 Å². The highest BCUT2D eigenvalue weighted by Gasteiger charge is 2.28. The molecule has 0 heterocycles. The summed E-state index contributed by atoms with van der Waals surface area (Å²) in [5.41, 5.74) is 5.44. The quantitative estimate of drug-likeness (QED) is 0.436. The molecular weight excluding hydrogens is 414 g/mol. The summed E-state index contributed by atoms with van der Waals surface area (Å²) in [4.78, 5) is 15.8. The van der Waals surface area contributed by atoms with E-state index in [9.17, 15) is 4.79 Å². The van der Waals surface area contributed by atoms with Gasteiger partial charge in [0.1, 0.15) is 23.9 Å². The Morgan fingerprint density at radius 2 is 1.48 bits per heavy atom. The maximum atomic E-state index is 13.7. The number of ketones is 1. The van der Waals surface area contributed by atoms with Gasteiger partial charge in [0.2, 0.25) is 0 Å². The van der Waals surface area contributed by atoms with E-state index < -0.39 is 0 Å². The molecule has 0 radical (unpaired) electrons. The standard InChI is InChI=1S/C28H29NO4/c1-29(2)15-16-33-23-11-7-20(8-12-23)28(30)27-25-14-13-24(32-4)17-21(25)18-26(27)19-5-9-22(31-3)10-6-19/h5-14,17H,15-16,18H2,1-4H3. The summed E-state index contributed by atoms with van der Waals surface area (Å²) >= 11 is 0. The lowest BCUT2D eigenvalue weighted by atomic mass is 9.93. The normalized spacial score (nSPS) is 12.6. The Morgan fingerprint density at radius 3 is 2.12 bits per heavy atom. The van der Waals surface area contributed by atoms with Gasteiger partial charge in [-0.1, -0.05) is 18.2 Å². The van der Waals surface area contributed by atoms with Gasteiger partial charge in [-0.05, 0) is 91.3 Å². The fraction of sp³-hybridized carbons (Fsp3) is 0.250. The van der Waals surface area contributed by atoms with E-state index in [-0.39, 0.29) is 5.78 Å². The highest BCUT2D eigenvalue weighted by atomic mass is 16.5. The molecule has 0 N–H and O–H groups in total. The number of nitrogens with zero attached hydrogens (tertiary/aromatic N) is 1. The molecule has 0 aliphatic heterocycles. The zero-order chi connectivity index (χ0) is 23.4. The number of carbonyl (C=O) groups excluding carboxylic acids is 1. The summed E-state index contributed by atoms with van der Waals surface area (Å²) in [5, 5.41) is 0. The van der Waals surface area contributed by atoms with Crippen LogP contribution >= 0.6 is 0 Å². The number of allylic oxidation sites excluding steroid dienone is 2. The third-order valence-electron chi connectivity index (χ3n) is 5.84. The lowest BCUT2D eigenvalue weighted by molar-refractivity contribution is 0.105. The van der Waals surface area contributed by atoms with Crippen molar-refractivity contribution in [1.82, 2.24) is 4.90 Å². The average Bonchev–Trinajstić information content (AvgIpc) is 3.22. The maximum absolute atomic E-state index is 13.7. The molecule has 0 saturated heterocycles. The number of benzene rings is 3. The number of ether oxygens (including phenoxy) is 3. The number of hydrogen-bond acceptors (Lipinski definition) is 5. The SMILES string of the molecule is COc1ccc(C2=C(C(=O)c3ccc(OCCN(C)C)cc3)c3ccc(OC)cc3C2)cc1. The number of carbonyl (C=O) groups is 1. The van der Waals surface area contributed by atoms with Crippen molar-refractivity contribution < 1.29 is 19.0 Å². The Morgan fingerprint density at radius 1 is 0.848 bits per heavy atom. The average molecular weight is 444 g/mol. The Balaban J connectivity index is 1.68. The minimum atomic E-state index is 0.00424. The van der Waals surface area contributed by atoms with Crippen LogP contribution < -0.4 is 14.2 Å². The zero-order valence-electron chi connectivity index (χ0n) is 19.6. The van der Waals surface area contributed by atoms with Crippen molar-refractivity contribution >= 4 is 16.9 Å². The number of hydrogen-bond donors (Lipinski definition) is 0. The first-order valence-electron chi connectivity index (χ1n) is 11.0. The van der Waals surface area contributed by atoms with Gasteiger partial charge in [-0.15, -0.1) is 0 Å². The van der Waals surface area contributed by atoms with Crippen molar-refractivity contribution in [3.8, 4) is 17.2 Å². The second-order valence-corrected chi connectivity index (χ2v) is 8.29. The predicted octanol–water partition coefficient (Wildman–Crippen LogP) is 4.99. The second-order valence-electron chi connectivity index (χ2n) is 8.29. The van der Waals surface area contributed by atoms with Crippen LogP contribution in [0, 0.1) is 0 Å². The molecule has 0 saturated carbocycles. The monoisotopic (exact) mass is 443 g/mol. The van der Waals surface area contributed by atoms with Gasteiger partial charge in [0.05, 0.1) is 14.2 Å². The number of methoxy groups -OCH3 is 2. The van der Waals surface area contributed by atoms with Crippen molar-refractivity contribution in [2.24, 2.45) is 0 Å². The largest absolute Gasteiger partial charge is 0.497 e. The van der Waals surface area contributed by atoms with Crippen LogP contribution in [0.5, 0.6) is 17.2 Å². The van der Waals surface area contributed by atoms with E-state index in [4.69, 9.17) is 14.2 Å². The molecular formula is C28H29NO4. The maximum Gasteiger partial charge on any atom is 0.193 e. The molecule has 3 aromatic carbocycles. The summed E-state index contributed by atoms with van der Waals surface area (Å²) in [5.74, 6) is 2.34. The first kappa shape index (κ1) is 22.6. The third-order valence-corrected chi connectivity index (χ3v) is 5.84. The molecule has 0 unspecified atom stereocenters. The van der Waals surface area contributed by atoms with E-state index >= 15 is 0 Å². The van der Waals surface area contributed by atoms with E-state index in [1.165, 1.54) is 0 Å². The van der Waals surface area contributed by atoms with Crippen LogP contribution in [0.15, 0.2) is 66.7 Å². The van der Waals surface area contributed by atoms with Gasteiger partial charge in [0.15, 0.2) is 5.78 Å². The van der Waals surface area contributed by atoms with Gasteiger partial charge in [0, 0.05) is 17.7 Å². The highest BCUT2D eigenvalue weighted by molar-refractivity contribution is 6.36. The van der Waals surface area contributed by atoms with E-state index in [1.54, 1.807) is 14.2 Å².